The Hall–Kier alpha value is -2.19. The first-order valence-electron chi connectivity index (χ1n) is 8.95. The highest BCUT2D eigenvalue weighted by molar-refractivity contribution is 7.19. The minimum absolute atomic E-state index is 0.227. The maximum Gasteiger partial charge on any atom is 0.417 e. The second-order valence-electron chi connectivity index (χ2n) is 7.67. The normalized spacial score (nSPS) is 14.7. The molecule has 1 N–H and O–H groups in total. The van der Waals surface area contributed by atoms with Crippen LogP contribution in [0.15, 0.2) is 48.8 Å². The number of hydrogen-bond acceptors (Lipinski definition) is 4. The van der Waals surface area contributed by atoms with Gasteiger partial charge in [-0.2, -0.15) is 13.2 Å². The van der Waals surface area contributed by atoms with E-state index in [0.29, 0.717) is 10.4 Å². The number of hydrogen-bond donors (Lipinski definition) is 1. The van der Waals surface area contributed by atoms with Gasteiger partial charge in [0.1, 0.15) is 5.75 Å². The average molecular weight is 427 g/mol. The molecule has 2 heterocycles. The molecule has 0 aliphatic heterocycles. The van der Waals surface area contributed by atoms with Gasteiger partial charge in [-0.1, -0.05) is 26.0 Å². The van der Waals surface area contributed by atoms with E-state index in [2.05, 4.69) is 4.98 Å². The Morgan fingerprint density at radius 2 is 1.90 bits per heavy atom. The second-order valence-corrected chi connectivity index (χ2v) is 8.84. The lowest BCUT2D eigenvalue weighted by molar-refractivity contribution is -0.266. The Bertz CT molecular complexity index is 953. The summed E-state index contributed by atoms with van der Waals surface area (Å²) in [6.07, 6.45) is -2.78. The Morgan fingerprint density at radius 1 is 1.14 bits per heavy atom. The second kappa shape index (κ2) is 7.91. The van der Waals surface area contributed by atoms with Crippen LogP contribution >= 0.6 is 11.3 Å². The summed E-state index contributed by atoms with van der Waals surface area (Å²) >= 11 is 1.19. The zero-order valence-electron chi connectivity index (χ0n) is 16.0. The number of pyridine rings is 1. The molecule has 0 spiro atoms. The van der Waals surface area contributed by atoms with E-state index in [1.54, 1.807) is 50.5 Å². The molecule has 0 fully saturated rings. The highest BCUT2D eigenvalue weighted by Crippen LogP contribution is 2.44. The van der Waals surface area contributed by atoms with Gasteiger partial charge in [0.15, 0.2) is 5.60 Å². The van der Waals surface area contributed by atoms with Crippen molar-refractivity contribution in [3.05, 3.63) is 59.2 Å². The smallest absolute Gasteiger partial charge is 0.417 e. The fourth-order valence-electron chi connectivity index (χ4n) is 3.48. The lowest BCUT2D eigenvalue weighted by atomic mass is 9.73. The summed E-state index contributed by atoms with van der Waals surface area (Å²) in [7, 11) is 0. The predicted octanol–water partition coefficient (Wildman–Crippen LogP) is 5.81. The number of benzene rings is 1. The first kappa shape index (κ1) is 21.5. The zero-order valence-corrected chi connectivity index (χ0v) is 16.8. The minimum Gasteiger partial charge on any atom is -0.463 e. The molecule has 0 saturated carbocycles. The molecule has 0 aliphatic carbocycles. The molecule has 0 radical (unpaired) electrons. The quantitative estimate of drug-likeness (QED) is 0.484. The van der Waals surface area contributed by atoms with Crippen molar-refractivity contribution in [2.24, 2.45) is 0 Å². The van der Waals surface area contributed by atoms with Crippen LogP contribution in [0.25, 0.3) is 10.1 Å². The van der Waals surface area contributed by atoms with Crippen LogP contribution in [0.3, 0.4) is 0 Å². The van der Waals surface area contributed by atoms with Crippen LogP contribution in [0.2, 0.25) is 0 Å². The first-order chi connectivity index (χ1) is 13.5. The van der Waals surface area contributed by atoms with Gasteiger partial charge in [0, 0.05) is 23.7 Å². The molecule has 1 aromatic carbocycles. The molecular weight excluding hydrogens is 406 g/mol. The van der Waals surface area contributed by atoms with Crippen molar-refractivity contribution >= 4 is 21.4 Å². The third-order valence-corrected chi connectivity index (χ3v) is 6.02. The molecule has 3 rings (SSSR count). The number of rotatable bonds is 7. The summed E-state index contributed by atoms with van der Waals surface area (Å²) in [6.45, 7) is 2.21. The fraction of sp³-hybridized carbons (Fsp3) is 0.381. The molecule has 3 nitrogen and oxygen atoms in total. The van der Waals surface area contributed by atoms with E-state index in [4.69, 9.17) is 4.74 Å². The maximum absolute atomic E-state index is 14.0. The lowest BCUT2D eigenvalue weighted by Crippen LogP contribution is -2.50. The van der Waals surface area contributed by atoms with Gasteiger partial charge in [0.25, 0.3) is 0 Å². The molecule has 1 atom stereocenters. The fourth-order valence-corrected chi connectivity index (χ4v) is 4.62. The molecule has 0 saturated heterocycles. The van der Waals surface area contributed by atoms with Crippen LogP contribution in [-0.4, -0.2) is 28.7 Å². The van der Waals surface area contributed by atoms with Crippen molar-refractivity contribution in [2.45, 2.75) is 43.9 Å². The molecule has 1 unspecified atom stereocenters. The van der Waals surface area contributed by atoms with E-state index in [1.165, 1.54) is 23.5 Å². The SMILES string of the molecule is CC(C)(CC(O)(Cc1cc2ccncc2s1)C(F)(F)F)c1cccc(OCF)c1. The average Bonchev–Trinajstić information content (AvgIpc) is 3.02. The predicted molar refractivity (Wildman–Crippen MR) is 105 cm³/mol. The van der Waals surface area contributed by atoms with E-state index >= 15 is 0 Å². The molecule has 8 heteroatoms. The Morgan fingerprint density at radius 3 is 2.55 bits per heavy atom. The third kappa shape index (κ3) is 4.70. The number of alkyl halides is 4. The topological polar surface area (TPSA) is 42.4 Å². The van der Waals surface area contributed by atoms with E-state index in [9.17, 15) is 22.7 Å². The van der Waals surface area contributed by atoms with Crippen LogP contribution < -0.4 is 4.74 Å². The van der Waals surface area contributed by atoms with Gasteiger partial charge < -0.3 is 9.84 Å². The number of fused-ring (bicyclic) bond motifs is 1. The van der Waals surface area contributed by atoms with Crippen LogP contribution in [-0.2, 0) is 11.8 Å². The molecule has 2 aromatic heterocycles. The van der Waals surface area contributed by atoms with Crippen molar-refractivity contribution in [1.29, 1.82) is 0 Å². The van der Waals surface area contributed by atoms with Gasteiger partial charge in [0.05, 0.1) is 4.70 Å². The Labute approximate surface area is 170 Å². The van der Waals surface area contributed by atoms with Crippen LogP contribution in [0.5, 0.6) is 5.75 Å². The zero-order chi connectivity index (χ0) is 21.3. The Balaban J connectivity index is 1.92. The molecule has 0 aliphatic rings. The van der Waals surface area contributed by atoms with Crippen molar-refractivity contribution in [2.75, 3.05) is 6.86 Å². The summed E-state index contributed by atoms with van der Waals surface area (Å²) in [5, 5.41) is 11.6. The van der Waals surface area contributed by atoms with Crippen LogP contribution in [0.1, 0.15) is 30.7 Å². The van der Waals surface area contributed by atoms with Crippen molar-refractivity contribution in [1.82, 2.24) is 4.98 Å². The van der Waals surface area contributed by atoms with E-state index < -0.39 is 36.9 Å². The minimum atomic E-state index is -4.83. The van der Waals surface area contributed by atoms with E-state index in [1.807, 2.05) is 0 Å². The van der Waals surface area contributed by atoms with Crippen LogP contribution in [0.4, 0.5) is 17.6 Å². The number of ether oxygens (including phenoxy) is 1. The summed E-state index contributed by atoms with van der Waals surface area (Å²) in [5.74, 6) is 0.227. The van der Waals surface area contributed by atoms with Crippen LogP contribution in [0, 0.1) is 0 Å². The van der Waals surface area contributed by atoms with Gasteiger partial charge in [-0.05, 0) is 47.1 Å². The van der Waals surface area contributed by atoms with Gasteiger partial charge in [-0.25, -0.2) is 4.39 Å². The molecule has 29 heavy (non-hydrogen) atoms. The largest absolute Gasteiger partial charge is 0.463 e. The highest BCUT2D eigenvalue weighted by atomic mass is 32.1. The number of halogens is 4. The van der Waals surface area contributed by atoms with E-state index in [0.717, 1.165) is 10.1 Å². The number of aromatic nitrogens is 1. The molecule has 0 bridgehead atoms. The number of thiophene rings is 1. The van der Waals surface area contributed by atoms with Crippen molar-refractivity contribution in [3.8, 4) is 5.75 Å². The third-order valence-electron chi connectivity index (χ3n) is 4.94. The summed E-state index contributed by atoms with van der Waals surface area (Å²) in [6, 6.07) is 9.64. The standard InChI is InChI=1S/C21H21F4NO2S/c1-19(2,15-4-3-5-16(9-15)28-13-22)12-20(27,21(23,24)25)10-17-8-14-6-7-26-11-18(14)29-17/h3-9,11,27H,10,12-13H2,1-2H3. The van der Waals surface area contributed by atoms with Crippen molar-refractivity contribution < 1.29 is 27.4 Å². The number of aliphatic hydroxyl groups is 1. The summed E-state index contributed by atoms with van der Waals surface area (Å²) < 4.78 is 59.9. The lowest BCUT2D eigenvalue weighted by Gasteiger charge is -2.38. The molecule has 156 valence electrons. The molecular formula is C21H21F4NO2S. The van der Waals surface area contributed by atoms with Gasteiger partial charge in [-0.15, -0.1) is 11.3 Å². The Kier molecular flexibility index (Phi) is 5.87. The molecule has 0 amide bonds. The monoisotopic (exact) mass is 427 g/mol. The van der Waals surface area contributed by atoms with Gasteiger partial charge in [-0.3, -0.25) is 4.98 Å². The maximum atomic E-state index is 14.0. The summed E-state index contributed by atoms with van der Waals surface area (Å²) in [4.78, 5) is 4.41. The van der Waals surface area contributed by atoms with Crippen molar-refractivity contribution in [3.63, 3.8) is 0 Å². The molecule has 3 aromatic rings. The highest BCUT2D eigenvalue weighted by Gasteiger charge is 2.56. The summed E-state index contributed by atoms with van der Waals surface area (Å²) in [5.41, 5.74) is -3.45. The van der Waals surface area contributed by atoms with Gasteiger partial charge in [0.2, 0.25) is 6.86 Å². The van der Waals surface area contributed by atoms with E-state index in [-0.39, 0.29) is 5.75 Å². The first-order valence-corrected chi connectivity index (χ1v) is 9.77. The van der Waals surface area contributed by atoms with Gasteiger partial charge >= 0.3 is 6.18 Å². The number of nitrogens with zero attached hydrogens (tertiary/aromatic N) is 1.